The molecule has 0 aliphatic rings. The summed E-state index contributed by atoms with van der Waals surface area (Å²) in [5.74, 6) is 1.22. The second kappa shape index (κ2) is 7.33. The van der Waals surface area contributed by atoms with E-state index < -0.39 is 0 Å². The fraction of sp³-hybridized carbons (Fsp3) is 0.143. The molecule has 0 saturated carbocycles. The lowest BCUT2D eigenvalue weighted by atomic mass is 10.2. The Kier molecular flexibility index (Phi) is 5.40. The van der Waals surface area contributed by atoms with Crippen LogP contribution in [-0.2, 0) is 6.61 Å². The number of hydrogen-bond donors (Lipinski definition) is 0. The first-order valence-electron chi connectivity index (χ1n) is 6.39. The number of benzene rings is 1. The van der Waals surface area contributed by atoms with E-state index in [4.69, 9.17) is 32.7 Å². The quantitative estimate of drug-likeness (QED) is 0.470. The molecule has 0 fully saturated rings. The first-order valence-corrected chi connectivity index (χ1v) is 10.5. The average molecular weight is 482 g/mol. The largest absolute Gasteiger partial charge is 0.493 e. The van der Waals surface area contributed by atoms with Gasteiger partial charge in [-0.1, -0.05) is 23.2 Å². The second-order valence-electron chi connectivity index (χ2n) is 4.52. The minimum Gasteiger partial charge on any atom is -0.493 e. The number of halogens is 3. The van der Waals surface area contributed by atoms with E-state index in [1.165, 1.54) is 21.5 Å². The Morgan fingerprint density at radius 1 is 1.17 bits per heavy atom. The molecular formula is C14H10Cl2IN3O2S. The third kappa shape index (κ3) is 3.47. The number of aromatic nitrogens is 3. The normalized spacial score (nSPS) is 11.0. The van der Waals surface area contributed by atoms with Crippen molar-refractivity contribution in [2.24, 2.45) is 0 Å². The first-order chi connectivity index (χ1) is 11.1. The average Bonchev–Trinajstić information content (AvgIpc) is 2.95. The molecule has 0 spiro atoms. The van der Waals surface area contributed by atoms with Crippen molar-refractivity contribution in [1.82, 2.24) is 14.2 Å². The van der Waals surface area contributed by atoms with Gasteiger partial charge in [0.2, 0.25) is 0 Å². The number of ether oxygens (including phenoxy) is 2. The summed E-state index contributed by atoms with van der Waals surface area (Å²) in [6.07, 6.45) is 4.85. The monoisotopic (exact) mass is 481 g/mol. The van der Waals surface area contributed by atoms with Crippen molar-refractivity contribution in [2.45, 2.75) is 6.61 Å². The topological polar surface area (TPSA) is 49.2 Å². The highest BCUT2D eigenvalue weighted by Gasteiger charge is 2.13. The molecule has 0 aliphatic heterocycles. The van der Waals surface area contributed by atoms with Gasteiger partial charge in [-0.15, -0.1) is 0 Å². The van der Waals surface area contributed by atoms with Crippen LogP contribution < -0.4 is 9.47 Å². The summed E-state index contributed by atoms with van der Waals surface area (Å²) in [5.41, 5.74) is 1.64. The second-order valence-corrected chi connectivity index (χ2v) is 7.00. The molecule has 0 unspecified atom stereocenters. The van der Waals surface area contributed by atoms with E-state index in [2.05, 4.69) is 31.3 Å². The van der Waals surface area contributed by atoms with Crippen LogP contribution in [0.4, 0.5) is 0 Å². The van der Waals surface area contributed by atoms with E-state index in [9.17, 15) is 0 Å². The molecule has 3 rings (SSSR count). The molecule has 0 radical (unpaired) electrons. The van der Waals surface area contributed by atoms with Gasteiger partial charge in [0.15, 0.2) is 11.5 Å². The molecule has 23 heavy (non-hydrogen) atoms. The maximum Gasteiger partial charge on any atom is 0.162 e. The maximum atomic E-state index is 6.11. The summed E-state index contributed by atoms with van der Waals surface area (Å²) in [5, 5.41) is 6.17. The third-order valence-electron chi connectivity index (χ3n) is 3.21. The summed E-state index contributed by atoms with van der Waals surface area (Å²) in [4.78, 5) is 3.93. The molecule has 120 valence electrons. The summed E-state index contributed by atoms with van der Waals surface area (Å²) < 4.78 is 13.1. The Morgan fingerprint density at radius 2 is 1.91 bits per heavy atom. The van der Waals surface area contributed by atoms with Gasteiger partial charge in [0, 0.05) is 59.7 Å². The van der Waals surface area contributed by atoms with Gasteiger partial charge in [-0.25, -0.2) is 0 Å². The van der Waals surface area contributed by atoms with E-state index >= 15 is 0 Å². The summed E-state index contributed by atoms with van der Waals surface area (Å²) in [7, 11) is 3.08. The summed E-state index contributed by atoms with van der Waals surface area (Å²) >= 11 is 14.4. The number of hydrogen-bond acceptors (Lipinski definition) is 5. The van der Waals surface area contributed by atoms with E-state index in [-0.39, 0.29) is 6.61 Å². The van der Waals surface area contributed by atoms with Gasteiger partial charge >= 0.3 is 0 Å². The lowest BCUT2D eigenvalue weighted by Crippen LogP contribution is -2.00. The molecule has 2 aromatic heterocycles. The van der Waals surface area contributed by atoms with Crippen molar-refractivity contribution in [3.8, 4) is 11.5 Å². The predicted octanol–water partition coefficient (Wildman–Crippen LogP) is 5.17. The Hall–Kier alpha value is -0.900. The van der Waals surface area contributed by atoms with Crippen molar-refractivity contribution in [3.63, 3.8) is 0 Å². The molecule has 0 saturated heterocycles. The zero-order valence-corrected chi connectivity index (χ0v) is 16.3. The molecule has 0 aliphatic carbocycles. The van der Waals surface area contributed by atoms with Gasteiger partial charge in [0.1, 0.15) is 6.61 Å². The molecule has 0 atom stereocenters. The van der Waals surface area contributed by atoms with Gasteiger partial charge in [0.05, 0.1) is 28.9 Å². The summed E-state index contributed by atoms with van der Waals surface area (Å²) in [6, 6.07) is 3.77. The van der Waals surface area contributed by atoms with E-state index in [0.29, 0.717) is 27.1 Å². The lowest BCUT2D eigenvalue weighted by molar-refractivity contribution is 0.285. The molecule has 5 nitrogen and oxygen atoms in total. The molecule has 1 aromatic carbocycles. The fourth-order valence-corrected chi connectivity index (χ4v) is 3.79. The van der Waals surface area contributed by atoms with Crippen LogP contribution in [0.3, 0.4) is 0 Å². The Bertz CT molecular complexity index is 839. The van der Waals surface area contributed by atoms with Crippen LogP contribution in [0.1, 0.15) is 5.56 Å². The van der Waals surface area contributed by atoms with Crippen molar-refractivity contribution in [2.75, 3.05) is 7.11 Å². The smallest absolute Gasteiger partial charge is 0.162 e. The van der Waals surface area contributed by atoms with Crippen LogP contribution in [-0.4, -0.2) is 21.3 Å². The zero-order chi connectivity index (χ0) is 16.4. The third-order valence-corrected chi connectivity index (χ3v) is 5.40. The highest BCUT2D eigenvalue weighted by atomic mass is 127. The number of nitrogens with zero attached hydrogens (tertiary/aromatic N) is 3. The lowest BCUT2D eigenvalue weighted by Gasteiger charge is -2.12. The van der Waals surface area contributed by atoms with E-state index in [1.807, 2.05) is 12.1 Å². The van der Waals surface area contributed by atoms with Gasteiger partial charge in [-0.3, -0.25) is 4.98 Å². The Morgan fingerprint density at radius 3 is 2.57 bits per heavy atom. The minimum absolute atomic E-state index is 0.219. The number of pyridine rings is 1. The van der Waals surface area contributed by atoms with Crippen LogP contribution in [0.25, 0.3) is 10.9 Å². The first kappa shape index (κ1) is 16.9. The molecule has 0 bridgehead atoms. The number of rotatable bonds is 5. The van der Waals surface area contributed by atoms with Crippen LogP contribution in [0.2, 0.25) is 10.0 Å². The summed E-state index contributed by atoms with van der Waals surface area (Å²) in [6.45, 7) is 0.219. The van der Waals surface area contributed by atoms with Gasteiger partial charge in [-0.05, 0) is 6.07 Å². The highest BCUT2D eigenvalue weighted by Crippen LogP contribution is 2.35. The minimum atomic E-state index is 0.219. The van der Waals surface area contributed by atoms with Crippen LogP contribution in [0, 0.1) is 0 Å². The van der Waals surface area contributed by atoms with Gasteiger partial charge in [-0.2, -0.15) is 9.19 Å². The van der Waals surface area contributed by atoms with Crippen molar-refractivity contribution in [1.29, 1.82) is 0 Å². The van der Waals surface area contributed by atoms with Gasteiger partial charge < -0.3 is 9.47 Å². The van der Waals surface area contributed by atoms with Crippen LogP contribution in [0.5, 0.6) is 11.5 Å². The van der Waals surface area contributed by atoms with Crippen LogP contribution >= 0.6 is 53.5 Å². The van der Waals surface area contributed by atoms with E-state index in [0.717, 1.165) is 10.9 Å². The predicted molar refractivity (Wildman–Crippen MR) is 102 cm³/mol. The Balaban J connectivity index is 1.93. The molecule has 9 heteroatoms. The van der Waals surface area contributed by atoms with E-state index in [1.54, 1.807) is 17.4 Å². The van der Waals surface area contributed by atoms with Crippen molar-refractivity contribution in [3.05, 3.63) is 46.3 Å². The molecular weight excluding hydrogens is 472 g/mol. The standard InChI is InChI=1S/C14H10Cl2IN3O2S/c1-21-13-3-12-8(4-19-20(12)23-17)2-14(13)22-7-9-10(15)5-18-6-11(9)16/h2-6H,7H2,1H3. The molecule has 0 amide bonds. The highest BCUT2D eigenvalue weighted by molar-refractivity contribution is 14.2. The Labute approximate surface area is 159 Å². The molecule has 2 heterocycles. The van der Waals surface area contributed by atoms with Crippen LogP contribution in [0.15, 0.2) is 30.7 Å². The van der Waals surface area contributed by atoms with Gasteiger partial charge in [0.25, 0.3) is 0 Å². The SMILES string of the molecule is COc1cc2c(cnn2SI)cc1OCc1c(Cl)cncc1Cl. The molecule has 3 aromatic rings. The maximum absolute atomic E-state index is 6.11. The molecule has 0 N–H and O–H groups in total. The number of fused-ring (bicyclic) bond motifs is 1. The fourth-order valence-electron chi connectivity index (χ4n) is 2.06. The number of methoxy groups -OCH3 is 1. The van der Waals surface area contributed by atoms with Crippen molar-refractivity contribution < 1.29 is 9.47 Å². The zero-order valence-electron chi connectivity index (χ0n) is 11.8. The van der Waals surface area contributed by atoms with Crippen molar-refractivity contribution >= 4 is 64.4 Å².